The van der Waals surface area contributed by atoms with Gasteiger partial charge in [-0.3, -0.25) is 14.4 Å². The highest BCUT2D eigenvalue weighted by atomic mass is 16.5. The van der Waals surface area contributed by atoms with Gasteiger partial charge in [0.2, 0.25) is 11.8 Å². The minimum Gasteiger partial charge on any atom is -0.493 e. The van der Waals surface area contributed by atoms with Crippen LogP contribution in [0.5, 0.6) is 11.5 Å². The number of hydrogen-bond acceptors (Lipinski definition) is 8. The summed E-state index contributed by atoms with van der Waals surface area (Å²) in [5, 5.41) is 23.8. The zero-order valence-electron chi connectivity index (χ0n) is 23.3. The van der Waals surface area contributed by atoms with Gasteiger partial charge in [-0.05, 0) is 50.3 Å². The summed E-state index contributed by atoms with van der Waals surface area (Å²) < 4.78 is 11.7. The minimum absolute atomic E-state index is 0.00988. The number of aldehydes is 1. The van der Waals surface area contributed by atoms with E-state index >= 15 is 0 Å². The molecule has 1 aromatic rings. The Kier molecular flexibility index (Phi) is 9.97. The first kappa shape index (κ1) is 29.7. The monoisotopic (exact) mass is 556 g/mol. The molecule has 1 aliphatic heterocycles. The Bertz CT molecular complexity index is 1140. The van der Waals surface area contributed by atoms with Crippen LogP contribution in [-0.4, -0.2) is 84.1 Å². The predicted molar refractivity (Wildman–Crippen MR) is 146 cm³/mol. The average Bonchev–Trinajstić information content (AvgIpc) is 3.35. The fourth-order valence-corrected chi connectivity index (χ4v) is 6.23. The number of aliphatic hydroxyl groups is 2. The van der Waals surface area contributed by atoms with Gasteiger partial charge in [-0.15, -0.1) is 0 Å². The van der Waals surface area contributed by atoms with Gasteiger partial charge < -0.3 is 34.7 Å². The number of Topliss-reactive ketones (excluding diaryl/α,β-unsaturated/α-hetero) is 1. The van der Waals surface area contributed by atoms with E-state index in [1.54, 1.807) is 17.0 Å². The molecule has 0 spiro atoms. The standard InChI is InChI=1S/C30H40N2O8/c1-18(35)7-6-10-25(36)32(16-19-8-4-3-5-9-19)23-15-22(30(38)31-11-12-33)26-21-13-20(17-34)14-24(39-2)28(21)40-29(26)27(23)37/h13-15,17,19,23,26-27,29,33,37H,3-12,16H2,1-2H3,(H,31,38)/t23-,26+,27+,29+/m1/s1. The van der Waals surface area contributed by atoms with Gasteiger partial charge >= 0.3 is 0 Å². The van der Waals surface area contributed by atoms with Crippen LogP contribution < -0.4 is 14.8 Å². The van der Waals surface area contributed by atoms with Gasteiger partial charge in [0.05, 0.1) is 25.7 Å². The van der Waals surface area contributed by atoms with Crippen molar-refractivity contribution in [2.75, 3.05) is 26.8 Å². The van der Waals surface area contributed by atoms with Crippen LogP contribution in [0.3, 0.4) is 0 Å². The van der Waals surface area contributed by atoms with Crippen molar-refractivity contribution < 1.29 is 38.9 Å². The van der Waals surface area contributed by atoms with Crippen molar-refractivity contribution >= 4 is 23.9 Å². The second-order valence-corrected chi connectivity index (χ2v) is 11.0. The molecule has 4 rings (SSSR count). The maximum absolute atomic E-state index is 13.6. The lowest BCUT2D eigenvalue weighted by molar-refractivity contribution is -0.138. The number of aliphatic hydroxyl groups excluding tert-OH is 2. The molecule has 2 aliphatic carbocycles. The smallest absolute Gasteiger partial charge is 0.247 e. The number of methoxy groups -OCH3 is 1. The van der Waals surface area contributed by atoms with E-state index in [1.165, 1.54) is 20.1 Å². The highest BCUT2D eigenvalue weighted by Gasteiger charge is 2.51. The van der Waals surface area contributed by atoms with Gasteiger partial charge in [0.1, 0.15) is 24.3 Å². The first-order valence-corrected chi connectivity index (χ1v) is 14.2. The number of ether oxygens (including phenoxy) is 2. The number of rotatable bonds is 12. The summed E-state index contributed by atoms with van der Waals surface area (Å²) in [5.41, 5.74) is 1.18. The predicted octanol–water partition coefficient (Wildman–Crippen LogP) is 2.30. The molecule has 3 N–H and O–H groups in total. The Hall–Kier alpha value is -3.24. The molecular formula is C30H40N2O8. The third-order valence-corrected chi connectivity index (χ3v) is 8.19. The lowest BCUT2D eigenvalue weighted by Gasteiger charge is -2.42. The topological polar surface area (TPSA) is 142 Å². The molecule has 218 valence electrons. The number of amides is 2. The van der Waals surface area contributed by atoms with E-state index in [0.29, 0.717) is 53.9 Å². The van der Waals surface area contributed by atoms with Crippen LogP contribution in [-0.2, 0) is 14.4 Å². The number of carbonyl (C=O) groups is 4. The molecule has 1 fully saturated rings. The van der Waals surface area contributed by atoms with E-state index in [0.717, 1.165) is 32.1 Å². The van der Waals surface area contributed by atoms with E-state index in [-0.39, 0.29) is 37.2 Å². The zero-order valence-corrected chi connectivity index (χ0v) is 23.3. The summed E-state index contributed by atoms with van der Waals surface area (Å²) in [6, 6.07) is 2.33. The van der Waals surface area contributed by atoms with Gasteiger partial charge in [0.15, 0.2) is 11.5 Å². The van der Waals surface area contributed by atoms with Gasteiger partial charge in [-0.1, -0.05) is 19.3 Å². The van der Waals surface area contributed by atoms with E-state index < -0.39 is 30.1 Å². The van der Waals surface area contributed by atoms with Crippen LogP contribution in [0.25, 0.3) is 0 Å². The number of hydrogen-bond donors (Lipinski definition) is 3. The Morgan fingerprint density at radius 3 is 2.58 bits per heavy atom. The van der Waals surface area contributed by atoms with Gasteiger partial charge in [0.25, 0.3) is 0 Å². The van der Waals surface area contributed by atoms with Gasteiger partial charge in [-0.25, -0.2) is 0 Å². The molecular weight excluding hydrogens is 516 g/mol. The van der Waals surface area contributed by atoms with E-state index in [9.17, 15) is 29.4 Å². The number of nitrogens with zero attached hydrogens (tertiary/aromatic N) is 1. The number of carbonyl (C=O) groups excluding carboxylic acids is 4. The summed E-state index contributed by atoms with van der Waals surface area (Å²) in [5.74, 6) is -0.407. The summed E-state index contributed by atoms with van der Waals surface area (Å²) in [4.78, 5) is 51.9. The molecule has 4 atom stereocenters. The molecule has 0 saturated heterocycles. The molecule has 0 radical (unpaired) electrons. The summed E-state index contributed by atoms with van der Waals surface area (Å²) in [7, 11) is 1.45. The molecule has 0 unspecified atom stereocenters. The molecule has 40 heavy (non-hydrogen) atoms. The van der Waals surface area contributed by atoms with Crippen LogP contribution in [0, 0.1) is 5.92 Å². The zero-order chi connectivity index (χ0) is 28.8. The van der Waals surface area contributed by atoms with E-state index in [4.69, 9.17) is 9.47 Å². The third kappa shape index (κ3) is 6.39. The van der Waals surface area contributed by atoms with Crippen molar-refractivity contribution in [2.45, 2.75) is 82.5 Å². The average molecular weight is 557 g/mol. The molecule has 0 bridgehead atoms. The summed E-state index contributed by atoms with van der Waals surface area (Å²) >= 11 is 0. The molecule has 2 amide bonds. The summed E-state index contributed by atoms with van der Waals surface area (Å²) in [6.07, 6.45) is 6.38. The lowest BCUT2D eigenvalue weighted by atomic mass is 9.76. The second-order valence-electron chi connectivity index (χ2n) is 11.0. The van der Waals surface area contributed by atoms with Crippen LogP contribution in [0.4, 0.5) is 0 Å². The second kappa shape index (κ2) is 13.4. The summed E-state index contributed by atoms with van der Waals surface area (Å²) in [6.45, 7) is 1.71. The fourth-order valence-electron chi connectivity index (χ4n) is 6.23. The van der Waals surface area contributed by atoms with Crippen molar-refractivity contribution in [3.8, 4) is 11.5 Å². The van der Waals surface area contributed by atoms with Gasteiger partial charge in [0, 0.05) is 42.6 Å². The van der Waals surface area contributed by atoms with E-state index in [2.05, 4.69) is 5.32 Å². The van der Waals surface area contributed by atoms with Crippen molar-refractivity contribution in [2.24, 2.45) is 5.92 Å². The van der Waals surface area contributed by atoms with Gasteiger partial charge in [-0.2, -0.15) is 0 Å². The molecule has 10 heteroatoms. The molecule has 1 heterocycles. The Morgan fingerprint density at radius 1 is 1.18 bits per heavy atom. The van der Waals surface area contributed by atoms with Crippen LogP contribution in [0.15, 0.2) is 23.8 Å². The third-order valence-electron chi connectivity index (χ3n) is 8.19. The van der Waals surface area contributed by atoms with Crippen LogP contribution in [0.2, 0.25) is 0 Å². The Balaban J connectivity index is 1.74. The molecule has 1 aromatic carbocycles. The van der Waals surface area contributed by atoms with E-state index in [1.807, 2.05) is 0 Å². The number of nitrogens with one attached hydrogen (secondary N) is 1. The van der Waals surface area contributed by atoms with Crippen LogP contribution >= 0.6 is 0 Å². The number of fused-ring (bicyclic) bond motifs is 3. The highest BCUT2D eigenvalue weighted by molar-refractivity contribution is 5.96. The maximum Gasteiger partial charge on any atom is 0.247 e. The van der Waals surface area contributed by atoms with Crippen molar-refractivity contribution in [3.63, 3.8) is 0 Å². The largest absolute Gasteiger partial charge is 0.493 e. The molecule has 0 aromatic heterocycles. The number of ketones is 1. The highest BCUT2D eigenvalue weighted by Crippen LogP contribution is 2.51. The molecule has 3 aliphatic rings. The molecule has 1 saturated carbocycles. The van der Waals surface area contributed by atoms with Crippen molar-refractivity contribution in [1.29, 1.82) is 0 Å². The first-order valence-electron chi connectivity index (χ1n) is 14.2. The molecule has 10 nitrogen and oxygen atoms in total. The van der Waals surface area contributed by atoms with Crippen molar-refractivity contribution in [1.82, 2.24) is 10.2 Å². The SMILES string of the molecule is COc1cc(C=O)cc2c1O[C@@H]1[C@@H](O)[C@H](N(CC3CCCCC3)C(=O)CCCC(C)=O)C=C(C(=O)NCCO)[C@H]21. The first-order chi connectivity index (χ1) is 19.3. The minimum atomic E-state index is -1.17. The lowest BCUT2D eigenvalue weighted by Crippen LogP contribution is -2.56. The van der Waals surface area contributed by atoms with Crippen molar-refractivity contribution in [3.05, 3.63) is 34.9 Å². The number of benzene rings is 1. The van der Waals surface area contributed by atoms with Crippen LogP contribution in [0.1, 0.15) is 80.1 Å². The maximum atomic E-state index is 13.6. The fraction of sp³-hybridized carbons (Fsp3) is 0.600. The Labute approximate surface area is 234 Å². The quantitative estimate of drug-likeness (QED) is 0.333. The Morgan fingerprint density at radius 2 is 1.93 bits per heavy atom. The normalized spacial score (nSPS) is 23.8.